The molecule has 33 heavy (non-hydrogen) atoms. The van der Waals surface area contributed by atoms with Crippen LogP contribution in [0.15, 0.2) is 41.3 Å². The van der Waals surface area contributed by atoms with Gasteiger partial charge in [0.1, 0.15) is 12.0 Å². The summed E-state index contributed by atoms with van der Waals surface area (Å²) in [5.74, 6) is 0.776. The van der Waals surface area contributed by atoms with E-state index in [9.17, 15) is 13.6 Å². The fraction of sp³-hybridized carbons (Fsp3) is 0.480. The van der Waals surface area contributed by atoms with E-state index >= 15 is 0 Å². The number of hydrogen-bond donors (Lipinski definition) is 2. The Morgan fingerprint density at radius 3 is 2.18 bits per heavy atom. The van der Waals surface area contributed by atoms with Crippen molar-refractivity contribution in [3.05, 3.63) is 58.7 Å². The number of benzene rings is 2. The molecule has 3 rings (SSSR count). The number of nitrogens with zero attached hydrogens (tertiary/aromatic N) is 1. The molecular formula is C25H37F2N3O2S. The summed E-state index contributed by atoms with van der Waals surface area (Å²) in [6, 6.07) is 11.6. The van der Waals surface area contributed by atoms with Crippen LogP contribution in [-0.4, -0.2) is 38.9 Å². The third-order valence-electron chi connectivity index (χ3n) is 5.00. The Kier molecular flexibility index (Phi) is 13.2. The first-order chi connectivity index (χ1) is 15.7. The van der Waals surface area contributed by atoms with Crippen LogP contribution < -0.4 is 15.6 Å². The third kappa shape index (κ3) is 10.2. The third-order valence-corrected chi connectivity index (χ3v) is 5.55. The van der Waals surface area contributed by atoms with E-state index in [4.69, 9.17) is 5.14 Å². The number of ether oxygens (including phenoxy) is 1. The van der Waals surface area contributed by atoms with Crippen molar-refractivity contribution in [2.75, 3.05) is 21.1 Å². The summed E-state index contributed by atoms with van der Waals surface area (Å²) in [4.78, 5) is 14.1. The quantitative estimate of drug-likeness (QED) is 0.373. The maximum atomic E-state index is 12.4. The van der Waals surface area contributed by atoms with Crippen LogP contribution in [0.2, 0.25) is 0 Å². The fourth-order valence-corrected chi connectivity index (χ4v) is 3.78. The maximum absolute atomic E-state index is 12.4. The minimum absolute atomic E-state index is 0.175. The number of nitrogens with two attached hydrogens (primary N) is 2. The minimum atomic E-state index is -2.82. The van der Waals surface area contributed by atoms with E-state index in [1.807, 2.05) is 26.0 Å². The second kappa shape index (κ2) is 15.0. The number of hydrogen-bond acceptors (Lipinski definition) is 6. The predicted molar refractivity (Wildman–Crippen MR) is 133 cm³/mol. The fourth-order valence-electron chi connectivity index (χ4n) is 3.49. The van der Waals surface area contributed by atoms with Crippen LogP contribution in [0.3, 0.4) is 0 Å². The number of carbonyl (C=O) groups excluding carboxylic acids is 1. The van der Waals surface area contributed by atoms with Gasteiger partial charge in [-0.2, -0.15) is 8.78 Å². The molecule has 0 spiro atoms. The molecule has 1 fully saturated rings. The van der Waals surface area contributed by atoms with E-state index in [0.717, 1.165) is 47.3 Å². The number of alkyl halides is 2. The Balaban J connectivity index is 0.000000335. The van der Waals surface area contributed by atoms with Gasteiger partial charge in [0.25, 0.3) is 0 Å². The monoisotopic (exact) mass is 481 g/mol. The number of rotatable bonds is 9. The van der Waals surface area contributed by atoms with Gasteiger partial charge in [0.05, 0.1) is 0 Å². The van der Waals surface area contributed by atoms with E-state index in [2.05, 4.69) is 41.6 Å². The summed E-state index contributed by atoms with van der Waals surface area (Å²) in [6.45, 7) is 2.15. The molecule has 2 aromatic carbocycles. The lowest BCUT2D eigenvalue weighted by Crippen LogP contribution is -2.10. The molecule has 0 aromatic heterocycles. The second-order valence-corrected chi connectivity index (χ2v) is 8.97. The van der Waals surface area contributed by atoms with Crippen LogP contribution in [0, 0.1) is 0 Å². The Hall–Kier alpha value is -2.00. The van der Waals surface area contributed by atoms with Crippen LogP contribution in [-0.2, 0) is 17.8 Å². The van der Waals surface area contributed by atoms with Crippen LogP contribution in [0.4, 0.5) is 8.78 Å². The molecule has 0 saturated heterocycles. The number of carbonyl (C=O) groups is 1. The molecule has 184 valence electrons. The standard InChI is InChI=1S/C15H18F2O2.C9H14N2S.CH5N/c1-9(2)13-7-11(19-15(16)17)8-14(10-3-4-10)12(13)5-6-18;1-11(2)7-8-3-5-9(12-10)6-4-8;1-2/h6-10,15H,3-5H2,1-2H3;3-6H,7,10H2,1-2H3;2H2,1H3. The van der Waals surface area contributed by atoms with E-state index < -0.39 is 6.61 Å². The lowest BCUT2D eigenvalue weighted by atomic mass is 9.89. The van der Waals surface area contributed by atoms with Gasteiger partial charge in [-0.15, -0.1) is 0 Å². The van der Waals surface area contributed by atoms with E-state index in [0.29, 0.717) is 12.3 Å². The molecule has 0 atom stereocenters. The first-order valence-electron chi connectivity index (χ1n) is 11.0. The number of aldehydes is 1. The molecule has 0 aliphatic heterocycles. The van der Waals surface area contributed by atoms with Crippen molar-refractivity contribution < 1.29 is 18.3 Å². The first-order valence-corrected chi connectivity index (χ1v) is 11.9. The van der Waals surface area contributed by atoms with Gasteiger partial charge in [0, 0.05) is 17.9 Å². The van der Waals surface area contributed by atoms with Gasteiger partial charge >= 0.3 is 6.61 Å². The summed E-state index contributed by atoms with van der Waals surface area (Å²) < 4.78 is 29.3. The van der Waals surface area contributed by atoms with Crippen LogP contribution in [0.1, 0.15) is 60.8 Å². The van der Waals surface area contributed by atoms with E-state index in [-0.39, 0.29) is 11.7 Å². The van der Waals surface area contributed by atoms with Gasteiger partial charge in [0.15, 0.2) is 0 Å². The second-order valence-electron chi connectivity index (χ2n) is 8.26. The highest BCUT2D eigenvalue weighted by molar-refractivity contribution is 7.97. The molecule has 0 heterocycles. The van der Waals surface area contributed by atoms with Gasteiger partial charge in [-0.05, 0) is 104 Å². The summed E-state index contributed by atoms with van der Waals surface area (Å²) in [7, 11) is 5.62. The highest BCUT2D eigenvalue weighted by Crippen LogP contribution is 2.45. The molecule has 0 amide bonds. The summed E-state index contributed by atoms with van der Waals surface area (Å²) in [6.07, 6.45) is 3.33. The molecular weight excluding hydrogens is 444 g/mol. The van der Waals surface area contributed by atoms with Crippen molar-refractivity contribution in [3.8, 4) is 5.75 Å². The normalized spacial score (nSPS) is 12.7. The molecule has 0 radical (unpaired) electrons. The highest BCUT2D eigenvalue weighted by Gasteiger charge is 2.28. The molecule has 1 aliphatic carbocycles. The smallest absolute Gasteiger partial charge is 0.387 e. The summed E-state index contributed by atoms with van der Waals surface area (Å²) >= 11 is 1.28. The Morgan fingerprint density at radius 1 is 1.15 bits per heavy atom. The van der Waals surface area contributed by atoms with Crippen molar-refractivity contribution in [1.29, 1.82) is 0 Å². The number of halogens is 2. The van der Waals surface area contributed by atoms with Crippen molar-refractivity contribution in [2.24, 2.45) is 10.9 Å². The molecule has 2 aromatic rings. The zero-order valence-electron chi connectivity index (χ0n) is 20.2. The van der Waals surface area contributed by atoms with Crippen LogP contribution in [0.5, 0.6) is 5.75 Å². The predicted octanol–water partition coefficient (Wildman–Crippen LogP) is 5.32. The van der Waals surface area contributed by atoms with Crippen LogP contribution >= 0.6 is 11.9 Å². The van der Waals surface area contributed by atoms with Crippen molar-refractivity contribution in [2.45, 2.75) is 63.0 Å². The largest absolute Gasteiger partial charge is 0.435 e. The SMILES string of the molecule is CC(C)c1cc(OC(F)F)cc(C2CC2)c1CC=O.CN.CN(C)Cc1ccc(SN)cc1. The van der Waals surface area contributed by atoms with Gasteiger partial charge in [-0.3, -0.25) is 5.14 Å². The summed E-state index contributed by atoms with van der Waals surface area (Å²) in [5, 5.41) is 5.41. The average molecular weight is 482 g/mol. The Morgan fingerprint density at radius 2 is 1.76 bits per heavy atom. The zero-order chi connectivity index (χ0) is 25.0. The topological polar surface area (TPSA) is 81.6 Å². The van der Waals surface area contributed by atoms with E-state index in [1.165, 1.54) is 24.6 Å². The molecule has 4 N–H and O–H groups in total. The van der Waals surface area contributed by atoms with Gasteiger partial charge in [-0.1, -0.05) is 26.0 Å². The minimum Gasteiger partial charge on any atom is -0.435 e. The highest BCUT2D eigenvalue weighted by atomic mass is 32.2. The average Bonchev–Trinajstić information content (AvgIpc) is 3.61. The molecule has 0 unspecified atom stereocenters. The molecule has 1 saturated carbocycles. The van der Waals surface area contributed by atoms with Gasteiger partial charge < -0.3 is 20.2 Å². The lowest BCUT2D eigenvalue weighted by Gasteiger charge is -2.18. The zero-order valence-corrected chi connectivity index (χ0v) is 21.0. The molecule has 0 bridgehead atoms. The maximum Gasteiger partial charge on any atom is 0.387 e. The van der Waals surface area contributed by atoms with Crippen molar-refractivity contribution >= 4 is 18.2 Å². The first kappa shape index (κ1) is 29.0. The van der Waals surface area contributed by atoms with Crippen LogP contribution in [0.25, 0.3) is 0 Å². The van der Waals surface area contributed by atoms with Crippen molar-refractivity contribution in [3.63, 3.8) is 0 Å². The Labute approximate surface area is 201 Å². The molecule has 5 nitrogen and oxygen atoms in total. The molecule has 8 heteroatoms. The lowest BCUT2D eigenvalue weighted by molar-refractivity contribution is -0.107. The molecule has 1 aliphatic rings. The van der Waals surface area contributed by atoms with Crippen molar-refractivity contribution in [1.82, 2.24) is 4.90 Å². The Bertz CT molecular complexity index is 819. The van der Waals surface area contributed by atoms with Gasteiger partial charge in [-0.25, -0.2) is 0 Å². The van der Waals surface area contributed by atoms with E-state index in [1.54, 1.807) is 12.1 Å². The van der Waals surface area contributed by atoms with Gasteiger partial charge in [0.2, 0.25) is 0 Å². The summed E-state index contributed by atoms with van der Waals surface area (Å²) in [5.41, 5.74) is 8.76.